The van der Waals surface area contributed by atoms with Crippen molar-refractivity contribution in [1.29, 1.82) is 0 Å². The van der Waals surface area contributed by atoms with Crippen molar-refractivity contribution in [3.63, 3.8) is 0 Å². The van der Waals surface area contributed by atoms with E-state index in [1.165, 1.54) is 13.2 Å². The molecule has 0 aliphatic rings. The maximum atomic E-state index is 12.2. The van der Waals surface area contributed by atoms with Gasteiger partial charge < -0.3 is 19.2 Å². The molecule has 7 heteroatoms. The van der Waals surface area contributed by atoms with Gasteiger partial charge in [0.15, 0.2) is 11.5 Å². The number of hydrogen-bond acceptors (Lipinski definition) is 4. The molecule has 3 aromatic rings. The number of fused-ring (bicyclic) bond motifs is 1. The fourth-order valence-electron chi connectivity index (χ4n) is 2.84. The minimum Gasteiger partial charge on any atom is -0.491 e. The average molecular weight is 400 g/mol. The third-order valence-corrected chi connectivity index (χ3v) is 4.43. The topological polar surface area (TPSA) is 64.9 Å². The number of benzene rings is 1. The Morgan fingerprint density at radius 3 is 2.89 bits per heavy atom. The highest BCUT2D eigenvalue weighted by Crippen LogP contribution is 2.36. The Labute approximate surface area is 168 Å². The minimum atomic E-state index is -0.223. The van der Waals surface area contributed by atoms with Crippen LogP contribution in [0.2, 0.25) is 5.02 Å². The molecule has 1 N–H and O–H groups in total. The predicted octanol–water partition coefficient (Wildman–Crippen LogP) is 4.03. The molecule has 0 atom stereocenters. The lowest BCUT2D eigenvalue weighted by molar-refractivity contribution is -0.116. The van der Waals surface area contributed by atoms with Crippen molar-refractivity contribution in [3.05, 3.63) is 64.6 Å². The Balaban J connectivity index is 1.67. The van der Waals surface area contributed by atoms with E-state index in [0.29, 0.717) is 29.7 Å². The number of amides is 1. The number of imidazole rings is 1. The molecule has 0 saturated heterocycles. The molecular weight excluding hydrogens is 378 g/mol. The molecule has 0 bridgehead atoms. The maximum Gasteiger partial charge on any atom is 0.244 e. The first kappa shape index (κ1) is 19.8. The molecule has 0 aliphatic heterocycles. The summed E-state index contributed by atoms with van der Waals surface area (Å²) in [5.41, 5.74) is 3.48. The molecule has 0 unspecified atom stereocenters. The summed E-state index contributed by atoms with van der Waals surface area (Å²) in [6.07, 6.45) is 5.05. The van der Waals surface area contributed by atoms with Crippen molar-refractivity contribution < 1.29 is 14.3 Å². The first-order valence-corrected chi connectivity index (χ1v) is 9.29. The van der Waals surface area contributed by atoms with Crippen molar-refractivity contribution in [3.8, 4) is 11.5 Å². The average Bonchev–Trinajstić information content (AvgIpc) is 3.09. The zero-order valence-electron chi connectivity index (χ0n) is 16.0. The fourth-order valence-corrected chi connectivity index (χ4v) is 3.13. The van der Waals surface area contributed by atoms with Gasteiger partial charge in [0, 0.05) is 18.0 Å². The van der Waals surface area contributed by atoms with Crippen LogP contribution in [-0.4, -0.2) is 29.0 Å². The van der Waals surface area contributed by atoms with Gasteiger partial charge in [0.1, 0.15) is 5.65 Å². The molecule has 0 aliphatic carbocycles. The summed E-state index contributed by atoms with van der Waals surface area (Å²) < 4.78 is 12.8. The summed E-state index contributed by atoms with van der Waals surface area (Å²) in [6.45, 7) is 4.72. The molecule has 0 fully saturated rings. The Kier molecular flexibility index (Phi) is 6.21. The van der Waals surface area contributed by atoms with Gasteiger partial charge in [-0.05, 0) is 49.8 Å². The summed E-state index contributed by atoms with van der Waals surface area (Å²) in [4.78, 5) is 16.7. The maximum absolute atomic E-state index is 12.2. The third-order valence-electron chi connectivity index (χ3n) is 4.15. The summed E-state index contributed by atoms with van der Waals surface area (Å²) in [5.74, 6) is 0.795. The SMILES string of the molecule is CCOc1cc(C=CC(=O)NCc2cn3c(C)cccc3n2)cc(Cl)c1OC. The van der Waals surface area contributed by atoms with Crippen molar-refractivity contribution >= 4 is 29.2 Å². The number of aryl methyl sites for hydroxylation is 1. The largest absolute Gasteiger partial charge is 0.491 e. The molecule has 28 heavy (non-hydrogen) atoms. The Hall–Kier alpha value is -2.99. The number of nitrogens with one attached hydrogen (secondary N) is 1. The van der Waals surface area contributed by atoms with Crippen LogP contribution in [0.25, 0.3) is 11.7 Å². The molecule has 2 heterocycles. The van der Waals surface area contributed by atoms with Crippen molar-refractivity contribution in [2.45, 2.75) is 20.4 Å². The Bertz CT molecular complexity index is 1030. The molecule has 0 spiro atoms. The van der Waals surface area contributed by atoms with Crippen LogP contribution in [0.5, 0.6) is 11.5 Å². The van der Waals surface area contributed by atoms with E-state index in [9.17, 15) is 4.79 Å². The second-order valence-electron chi connectivity index (χ2n) is 6.15. The first-order valence-electron chi connectivity index (χ1n) is 8.91. The van der Waals surface area contributed by atoms with Gasteiger partial charge in [-0.2, -0.15) is 0 Å². The highest BCUT2D eigenvalue weighted by molar-refractivity contribution is 6.32. The molecule has 1 aromatic carbocycles. The summed E-state index contributed by atoms with van der Waals surface area (Å²) in [5, 5.41) is 3.26. The van der Waals surface area contributed by atoms with E-state index in [1.807, 2.05) is 42.6 Å². The van der Waals surface area contributed by atoms with E-state index in [2.05, 4.69) is 10.3 Å². The van der Waals surface area contributed by atoms with Gasteiger partial charge in [0.05, 0.1) is 31.0 Å². The van der Waals surface area contributed by atoms with Crippen LogP contribution >= 0.6 is 11.6 Å². The molecule has 2 aromatic heterocycles. The molecule has 146 valence electrons. The number of ether oxygens (including phenoxy) is 2. The summed E-state index contributed by atoms with van der Waals surface area (Å²) in [7, 11) is 1.54. The molecule has 0 radical (unpaired) electrons. The quantitative estimate of drug-likeness (QED) is 0.609. The number of pyridine rings is 1. The van der Waals surface area contributed by atoms with Crippen molar-refractivity contribution in [2.75, 3.05) is 13.7 Å². The lowest BCUT2D eigenvalue weighted by atomic mass is 10.2. The van der Waals surface area contributed by atoms with Crippen molar-refractivity contribution in [2.24, 2.45) is 0 Å². The normalized spacial score (nSPS) is 11.1. The van der Waals surface area contributed by atoms with E-state index >= 15 is 0 Å². The number of hydrogen-bond donors (Lipinski definition) is 1. The van der Waals surface area contributed by atoms with Crippen LogP contribution < -0.4 is 14.8 Å². The zero-order valence-corrected chi connectivity index (χ0v) is 16.8. The van der Waals surface area contributed by atoms with Crippen LogP contribution in [0, 0.1) is 6.92 Å². The van der Waals surface area contributed by atoms with Gasteiger partial charge in [0.2, 0.25) is 5.91 Å². The summed E-state index contributed by atoms with van der Waals surface area (Å²) in [6, 6.07) is 9.40. The van der Waals surface area contributed by atoms with E-state index in [4.69, 9.17) is 21.1 Å². The highest BCUT2D eigenvalue weighted by Gasteiger charge is 2.10. The third kappa shape index (κ3) is 4.46. The van der Waals surface area contributed by atoms with E-state index in [0.717, 1.165) is 22.6 Å². The first-order chi connectivity index (χ1) is 13.5. The van der Waals surface area contributed by atoms with Crippen LogP contribution in [0.15, 0.2) is 42.6 Å². The van der Waals surface area contributed by atoms with Crippen LogP contribution in [0.1, 0.15) is 23.9 Å². The van der Waals surface area contributed by atoms with Crippen LogP contribution in [0.3, 0.4) is 0 Å². The number of carbonyl (C=O) groups is 1. The smallest absolute Gasteiger partial charge is 0.244 e. The molecular formula is C21H22ClN3O3. The van der Waals surface area contributed by atoms with Crippen molar-refractivity contribution in [1.82, 2.24) is 14.7 Å². The zero-order chi connectivity index (χ0) is 20.1. The lowest BCUT2D eigenvalue weighted by Gasteiger charge is -2.11. The fraction of sp³-hybridized carbons (Fsp3) is 0.238. The standard InChI is InChI=1S/C21H22ClN3O3/c1-4-28-18-11-15(10-17(22)21(18)27-3)8-9-20(26)23-12-16-13-25-14(2)6-5-7-19(25)24-16/h5-11,13H,4,12H2,1-3H3,(H,23,26). The van der Waals surface area contributed by atoms with Gasteiger partial charge in [-0.25, -0.2) is 4.98 Å². The number of rotatable bonds is 7. The number of halogens is 1. The lowest BCUT2D eigenvalue weighted by Crippen LogP contribution is -2.20. The van der Waals surface area contributed by atoms with Gasteiger partial charge in [-0.15, -0.1) is 0 Å². The predicted molar refractivity (Wildman–Crippen MR) is 110 cm³/mol. The Morgan fingerprint density at radius 1 is 1.36 bits per heavy atom. The van der Waals surface area contributed by atoms with E-state index in [-0.39, 0.29) is 5.91 Å². The van der Waals surface area contributed by atoms with E-state index in [1.54, 1.807) is 18.2 Å². The van der Waals surface area contributed by atoms with Gasteiger partial charge >= 0.3 is 0 Å². The van der Waals surface area contributed by atoms with Gasteiger partial charge in [0.25, 0.3) is 0 Å². The molecule has 1 amide bonds. The Morgan fingerprint density at radius 2 is 2.18 bits per heavy atom. The van der Waals surface area contributed by atoms with E-state index < -0.39 is 0 Å². The molecule has 0 saturated carbocycles. The van der Waals surface area contributed by atoms with Gasteiger partial charge in [-0.3, -0.25) is 4.79 Å². The number of aromatic nitrogens is 2. The number of carbonyl (C=O) groups excluding carboxylic acids is 1. The second kappa shape index (κ2) is 8.80. The summed E-state index contributed by atoms with van der Waals surface area (Å²) >= 11 is 6.23. The number of methoxy groups -OCH3 is 1. The molecule has 3 rings (SSSR count). The minimum absolute atomic E-state index is 0.223. The van der Waals surface area contributed by atoms with Gasteiger partial charge in [-0.1, -0.05) is 17.7 Å². The second-order valence-corrected chi connectivity index (χ2v) is 6.55. The highest BCUT2D eigenvalue weighted by atomic mass is 35.5. The number of nitrogens with zero attached hydrogens (tertiary/aromatic N) is 2. The molecule has 6 nitrogen and oxygen atoms in total. The van der Waals surface area contributed by atoms with Crippen LogP contribution in [0.4, 0.5) is 0 Å². The van der Waals surface area contributed by atoms with Crippen LogP contribution in [-0.2, 0) is 11.3 Å². The monoisotopic (exact) mass is 399 g/mol.